The lowest BCUT2D eigenvalue weighted by molar-refractivity contribution is -0.143. The van der Waals surface area contributed by atoms with E-state index in [2.05, 4.69) is 31.3 Å². The fraction of sp³-hybridized carbons (Fsp3) is 0.915. The van der Waals surface area contributed by atoms with Crippen LogP contribution in [-0.4, -0.2) is 47.4 Å². The highest BCUT2D eigenvalue weighted by Crippen LogP contribution is 2.19. The number of carbonyl (C=O) groups excluding carboxylic acids is 2. The number of hydrogen-bond donors (Lipinski definition) is 3. The van der Waals surface area contributed by atoms with Crippen molar-refractivity contribution in [3.63, 3.8) is 0 Å². The van der Waals surface area contributed by atoms with E-state index in [1.165, 1.54) is 321 Å². The van der Waals surface area contributed by atoms with Gasteiger partial charge in [0.1, 0.15) is 0 Å². The van der Waals surface area contributed by atoms with Crippen LogP contribution in [0.4, 0.5) is 0 Å². The molecule has 0 saturated carbocycles. The molecule has 0 rings (SSSR count). The van der Waals surface area contributed by atoms with Gasteiger partial charge < -0.3 is 20.3 Å². The largest absolute Gasteiger partial charge is 0.466 e. The van der Waals surface area contributed by atoms with Crippen LogP contribution in [0.25, 0.3) is 0 Å². The van der Waals surface area contributed by atoms with E-state index >= 15 is 0 Å². The molecule has 3 N–H and O–H groups in total. The van der Waals surface area contributed by atoms with Gasteiger partial charge in [0.05, 0.1) is 25.4 Å². The predicted molar refractivity (Wildman–Crippen MR) is 338 cm³/mol. The highest BCUT2D eigenvalue weighted by molar-refractivity contribution is 5.76. The topological polar surface area (TPSA) is 95.9 Å². The lowest BCUT2D eigenvalue weighted by Gasteiger charge is -2.20. The zero-order valence-electron chi connectivity index (χ0n) is 52.2. The molecule has 0 fully saturated rings. The summed E-state index contributed by atoms with van der Waals surface area (Å²) in [7, 11) is 0. The van der Waals surface area contributed by atoms with Crippen LogP contribution in [0.1, 0.15) is 393 Å². The van der Waals surface area contributed by atoms with Gasteiger partial charge in [0, 0.05) is 12.8 Å². The Balaban J connectivity index is 3.37. The molecule has 0 radical (unpaired) electrons. The molecular formula is C71H137NO5. The average molecular weight is 1080 g/mol. The fourth-order valence-electron chi connectivity index (χ4n) is 11.1. The van der Waals surface area contributed by atoms with Crippen molar-refractivity contribution in [1.82, 2.24) is 5.32 Å². The third-order valence-electron chi connectivity index (χ3n) is 16.5. The molecule has 6 nitrogen and oxygen atoms in total. The summed E-state index contributed by atoms with van der Waals surface area (Å²) in [5.41, 5.74) is 0. The number of amides is 1. The Bertz CT molecular complexity index is 1200. The Kier molecular flexibility index (Phi) is 65.4. The minimum absolute atomic E-state index is 0.0138. The second kappa shape index (κ2) is 66.8. The van der Waals surface area contributed by atoms with Gasteiger partial charge in [-0.3, -0.25) is 9.59 Å². The van der Waals surface area contributed by atoms with E-state index in [0.29, 0.717) is 19.4 Å². The van der Waals surface area contributed by atoms with Crippen molar-refractivity contribution in [3.05, 3.63) is 24.3 Å². The maximum absolute atomic E-state index is 12.5. The Morgan fingerprint density at radius 3 is 0.922 bits per heavy atom. The van der Waals surface area contributed by atoms with E-state index in [4.69, 9.17) is 4.74 Å². The highest BCUT2D eigenvalue weighted by atomic mass is 16.5. The van der Waals surface area contributed by atoms with E-state index in [1.807, 2.05) is 6.08 Å². The van der Waals surface area contributed by atoms with Crippen LogP contribution >= 0.6 is 0 Å². The number of rotatable bonds is 66. The normalized spacial score (nSPS) is 12.6. The molecule has 0 aliphatic rings. The molecule has 0 spiro atoms. The fourth-order valence-corrected chi connectivity index (χ4v) is 11.1. The molecule has 0 aromatic rings. The number of aliphatic hydroxyl groups is 2. The van der Waals surface area contributed by atoms with Crippen molar-refractivity contribution in [3.8, 4) is 0 Å². The third kappa shape index (κ3) is 63.4. The maximum atomic E-state index is 12.5. The Labute approximate surface area is 481 Å². The van der Waals surface area contributed by atoms with Crippen LogP contribution in [0.5, 0.6) is 0 Å². The second-order valence-corrected chi connectivity index (χ2v) is 24.2. The summed E-state index contributed by atoms with van der Waals surface area (Å²) < 4.78 is 5.51. The monoisotopic (exact) mass is 1080 g/mol. The smallest absolute Gasteiger partial charge is 0.305 e. The molecule has 0 aromatic heterocycles. The van der Waals surface area contributed by atoms with Gasteiger partial charge in [0.25, 0.3) is 0 Å². The van der Waals surface area contributed by atoms with Gasteiger partial charge in [-0.25, -0.2) is 0 Å². The molecule has 1 amide bonds. The lowest BCUT2D eigenvalue weighted by Crippen LogP contribution is -2.45. The van der Waals surface area contributed by atoms with Crippen LogP contribution in [0.2, 0.25) is 0 Å². The predicted octanol–water partition coefficient (Wildman–Crippen LogP) is 22.5. The molecule has 0 aromatic carbocycles. The van der Waals surface area contributed by atoms with Gasteiger partial charge in [0.2, 0.25) is 5.91 Å². The van der Waals surface area contributed by atoms with E-state index in [0.717, 1.165) is 44.9 Å². The molecular weight excluding hydrogens is 947 g/mol. The first-order valence-corrected chi connectivity index (χ1v) is 35.1. The quantitative estimate of drug-likeness (QED) is 0.0320. The van der Waals surface area contributed by atoms with E-state index in [9.17, 15) is 19.8 Å². The van der Waals surface area contributed by atoms with E-state index in [1.54, 1.807) is 6.08 Å². The van der Waals surface area contributed by atoms with Crippen LogP contribution in [0.15, 0.2) is 24.3 Å². The number of hydrogen-bond acceptors (Lipinski definition) is 5. The van der Waals surface area contributed by atoms with Crippen molar-refractivity contribution in [2.75, 3.05) is 13.2 Å². The summed E-state index contributed by atoms with van der Waals surface area (Å²) >= 11 is 0. The van der Waals surface area contributed by atoms with Crippen LogP contribution in [0, 0.1) is 0 Å². The Hall–Kier alpha value is -1.66. The van der Waals surface area contributed by atoms with Crippen LogP contribution < -0.4 is 5.32 Å². The Morgan fingerprint density at radius 1 is 0.351 bits per heavy atom. The minimum Gasteiger partial charge on any atom is -0.466 e. The number of esters is 1. The number of aliphatic hydroxyl groups excluding tert-OH is 2. The van der Waals surface area contributed by atoms with Gasteiger partial charge in [-0.05, 0) is 57.8 Å². The molecule has 2 unspecified atom stereocenters. The zero-order chi connectivity index (χ0) is 55.7. The van der Waals surface area contributed by atoms with Crippen molar-refractivity contribution in [2.45, 2.75) is 405 Å². The van der Waals surface area contributed by atoms with Crippen LogP contribution in [0.3, 0.4) is 0 Å². The standard InChI is InChI=1S/C71H137NO5/c1-3-5-7-9-11-13-15-17-19-21-33-37-41-45-49-53-57-61-65-71(76)77-66-62-58-54-50-46-42-38-34-30-28-26-24-22-23-25-27-29-32-36-40-44-48-52-56-60-64-70(75)72-68(67-73)69(74)63-59-55-51-47-43-39-35-31-20-18-16-14-12-10-8-6-4-2/h19,21,59,63,68-69,73-74H,3-18,20,22-58,60-62,64-67H2,1-2H3,(H,72,75)/b21-19-,63-59+. The molecule has 0 bridgehead atoms. The molecule has 456 valence electrons. The van der Waals surface area contributed by atoms with Gasteiger partial charge in [-0.15, -0.1) is 0 Å². The van der Waals surface area contributed by atoms with Crippen LogP contribution in [-0.2, 0) is 14.3 Å². The summed E-state index contributed by atoms with van der Waals surface area (Å²) in [6, 6.07) is -0.627. The summed E-state index contributed by atoms with van der Waals surface area (Å²) in [5.74, 6) is -0.0493. The summed E-state index contributed by atoms with van der Waals surface area (Å²) in [5, 5.41) is 23.2. The molecule has 0 aliphatic heterocycles. The maximum Gasteiger partial charge on any atom is 0.305 e. The lowest BCUT2D eigenvalue weighted by atomic mass is 10.0. The van der Waals surface area contributed by atoms with Gasteiger partial charge in [0.15, 0.2) is 0 Å². The molecule has 0 heterocycles. The molecule has 77 heavy (non-hydrogen) atoms. The average Bonchev–Trinajstić information content (AvgIpc) is 3.43. The summed E-state index contributed by atoms with van der Waals surface area (Å²) in [6.45, 7) is 4.94. The third-order valence-corrected chi connectivity index (χ3v) is 16.5. The SMILES string of the molecule is CCCCCCCCC/C=C\CCCCCCCCCC(=O)OCCCCCCCCCCCCCCCCCCCCCCCCCCCC(=O)NC(CO)C(O)/C=C/CCCCCCCCCCCCCCCCC. The van der Waals surface area contributed by atoms with Crippen molar-refractivity contribution < 1.29 is 24.5 Å². The molecule has 0 saturated heterocycles. The zero-order valence-corrected chi connectivity index (χ0v) is 52.2. The second-order valence-electron chi connectivity index (χ2n) is 24.2. The Morgan fingerprint density at radius 2 is 0.610 bits per heavy atom. The van der Waals surface area contributed by atoms with Gasteiger partial charge in [-0.1, -0.05) is 346 Å². The van der Waals surface area contributed by atoms with Gasteiger partial charge >= 0.3 is 5.97 Å². The van der Waals surface area contributed by atoms with Crippen molar-refractivity contribution in [1.29, 1.82) is 0 Å². The highest BCUT2D eigenvalue weighted by Gasteiger charge is 2.18. The summed E-state index contributed by atoms with van der Waals surface area (Å²) in [6.07, 6.45) is 83.9. The molecule has 6 heteroatoms. The first-order chi connectivity index (χ1) is 38.0. The number of nitrogens with one attached hydrogen (secondary N) is 1. The van der Waals surface area contributed by atoms with E-state index in [-0.39, 0.29) is 18.5 Å². The minimum atomic E-state index is -0.843. The first kappa shape index (κ1) is 75.3. The number of carbonyl (C=O) groups is 2. The van der Waals surface area contributed by atoms with Crippen molar-refractivity contribution in [2.24, 2.45) is 0 Å². The molecule has 2 atom stereocenters. The number of allylic oxidation sites excluding steroid dienone is 3. The van der Waals surface area contributed by atoms with Gasteiger partial charge in [-0.2, -0.15) is 0 Å². The molecule has 0 aliphatic carbocycles. The van der Waals surface area contributed by atoms with E-state index < -0.39 is 12.1 Å². The number of unbranched alkanes of at least 4 members (excludes halogenated alkanes) is 53. The summed E-state index contributed by atoms with van der Waals surface area (Å²) in [4.78, 5) is 24.6. The number of ether oxygens (including phenoxy) is 1. The van der Waals surface area contributed by atoms with Crippen molar-refractivity contribution >= 4 is 11.9 Å². The first-order valence-electron chi connectivity index (χ1n) is 35.1.